The highest BCUT2D eigenvalue weighted by Crippen LogP contribution is 2.47. The summed E-state index contributed by atoms with van der Waals surface area (Å²) in [5.41, 5.74) is 0.696. The number of benzene rings is 2. The number of nitrogens with one attached hydrogen (secondary N) is 1. The van der Waals surface area contributed by atoms with E-state index in [0.717, 1.165) is 0 Å². The number of imidazole rings is 1. The Hall–Kier alpha value is -3.32. The van der Waals surface area contributed by atoms with Crippen molar-refractivity contribution >= 4 is 63.4 Å². The van der Waals surface area contributed by atoms with Crippen LogP contribution in [0.25, 0.3) is 11.0 Å². The Bertz CT molecular complexity index is 1700. The van der Waals surface area contributed by atoms with Gasteiger partial charge in [-0.2, -0.15) is 13.2 Å². The van der Waals surface area contributed by atoms with Gasteiger partial charge in [-0.05, 0) is 49.4 Å². The van der Waals surface area contributed by atoms with E-state index < -0.39 is 48.4 Å². The van der Waals surface area contributed by atoms with Crippen molar-refractivity contribution in [1.82, 2.24) is 14.9 Å². The van der Waals surface area contributed by atoms with E-state index in [1.807, 2.05) is 0 Å². The molecule has 2 aromatic carbocycles. The van der Waals surface area contributed by atoms with E-state index in [2.05, 4.69) is 5.32 Å². The van der Waals surface area contributed by atoms with Crippen LogP contribution in [-0.4, -0.2) is 57.8 Å². The third kappa shape index (κ3) is 7.11. The number of carboxylic acid groups (broad SMARTS) is 1. The number of aryl methyl sites for hydroxylation is 1. The van der Waals surface area contributed by atoms with Crippen LogP contribution in [0.1, 0.15) is 68.8 Å². The lowest BCUT2D eigenvalue weighted by atomic mass is 9.84. The molecule has 3 aromatic rings. The minimum atomic E-state index is -4.34. The number of nitrogens with zero attached hydrogens (tertiary/aromatic N) is 4. The van der Waals surface area contributed by atoms with Crippen molar-refractivity contribution in [2.24, 2.45) is 18.4 Å². The summed E-state index contributed by atoms with van der Waals surface area (Å²) in [6, 6.07) is 5.52. The molecule has 0 unspecified atom stereocenters. The van der Waals surface area contributed by atoms with Gasteiger partial charge in [-0.1, -0.05) is 50.0 Å². The maximum absolute atomic E-state index is 14.1. The molecule has 2 aliphatic rings. The van der Waals surface area contributed by atoms with Crippen molar-refractivity contribution in [3.63, 3.8) is 0 Å². The first-order valence-electron chi connectivity index (χ1n) is 15.3. The number of rotatable bonds is 7. The van der Waals surface area contributed by atoms with Gasteiger partial charge in [0.1, 0.15) is 0 Å². The quantitative estimate of drug-likeness (QED) is 0.241. The second-order valence-electron chi connectivity index (χ2n) is 13.4. The molecule has 1 amide bonds. The topological polar surface area (TPSA) is 90.7 Å². The van der Waals surface area contributed by atoms with E-state index in [-0.39, 0.29) is 83.1 Å². The van der Waals surface area contributed by atoms with Crippen molar-refractivity contribution in [2.75, 3.05) is 22.9 Å². The average Bonchev–Trinajstić information content (AvgIpc) is 3.50. The summed E-state index contributed by atoms with van der Waals surface area (Å²) in [5.74, 6) is -5.74. The minimum Gasteiger partial charge on any atom is -0.478 e. The number of carbonyl (C=O) groups excluding carboxylic acids is 1. The molecule has 2 N–H and O–H groups in total. The van der Waals surface area contributed by atoms with Crippen molar-refractivity contribution in [3.05, 3.63) is 45.4 Å². The smallest absolute Gasteiger partial charge is 0.391 e. The zero-order valence-corrected chi connectivity index (χ0v) is 27.8. The van der Waals surface area contributed by atoms with Crippen LogP contribution in [0, 0.1) is 11.3 Å². The molecule has 1 aliphatic carbocycles. The van der Waals surface area contributed by atoms with Crippen LogP contribution in [0.15, 0.2) is 24.3 Å². The fourth-order valence-corrected chi connectivity index (χ4v) is 6.91. The highest BCUT2D eigenvalue weighted by molar-refractivity contribution is 6.40. The number of aromatic nitrogens is 2. The summed E-state index contributed by atoms with van der Waals surface area (Å²) in [5, 5.41) is 13.2. The highest BCUT2D eigenvalue weighted by atomic mass is 35.5. The van der Waals surface area contributed by atoms with Crippen LogP contribution in [-0.2, 0) is 18.4 Å². The predicted molar refractivity (Wildman–Crippen MR) is 171 cm³/mol. The van der Waals surface area contributed by atoms with Crippen molar-refractivity contribution < 1.29 is 36.6 Å². The van der Waals surface area contributed by atoms with Gasteiger partial charge in [-0.25, -0.2) is 18.6 Å². The van der Waals surface area contributed by atoms with Gasteiger partial charge in [0.15, 0.2) is 0 Å². The lowest BCUT2D eigenvalue weighted by Gasteiger charge is -2.39. The number of hydrogen-bond acceptors (Lipinski definition) is 5. The first kappa shape index (κ1) is 35.0. The number of fused-ring (bicyclic) bond motifs is 1. The molecule has 256 valence electrons. The monoisotopic (exact) mass is 703 g/mol. The van der Waals surface area contributed by atoms with Crippen LogP contribution < -0.4 is 15.1 Å². The highest BCUT2D eigenvalue weighted by Gasteiger charge is 2.44. The molecule has 47 heavy (non-hydrogen) atoms. The fourth-order valence-electron chi connectivity index (χ4n) is 6.29. The second kappa shape index (κ2) is 12.6. The van der Waals surface area contributed by atoms with Gasteiger partial charge in [0.05, 0.1) is 50.5 Å². The van der Waals surface area contributed by atoms with Crippen molar-refractivity contribution in [2.45, 2.75) is 77.6 Å². The first-order valence-corrected chi connectivity index (χ1v) is 16.0. The second-order valence-corrected chi connectivity index (χ2v) is 14.2. The molecule has 8 nitrogen and oxygen atoms in total. The SMILES string of the molecule is Cn1c(N(c2c(Cl)ccc(CNC(=O)C(C)(C)C)c2Cl)C2CCC(C(F)(F)F)CC2)nc2cc(C(=O)O)c(N3CCC(F)(F)C3)cc21. The maximum Gasteiger partial charge on any atom is 0.391 e. The van der Waals surface area contributed by atoms with Crippen LogP contribution in [0.3, 0.4) is 0 Å². The molecule has 5 rings (SSSR count). The largest absolute Gasteiger partial charge is 0.478 e. The number of carboxylic acids is 1. The zero-order chi connectivity index (χ0) is 34.6. The summed E-state index contributed by atoms with van der Waals surface area (Å²) in [6.45, 7) is 4.67. The van der Waals surface area contributed by atoms with E-state index in [9.17, 15) is 36.6 Å². The lowest BCUT2D eigenvalue weighted by Crippen LogP contribution is -2.39. The molecule has 1 aromatic heterocycles. The normalized spacial score (nSPS) is 20.1. The minimum absolute atomic E-state index is 0.0399. The van der Waals surface area contributed by atoms with Gasteiger partial charge < -0.3 is 24.8 Å². The van der Waals surface area contributed by atoms with Gasteiger partial charge in [0, 0.05) is 38.0 Å². The molecule has 1 aliphatic heterocycles. The van der Waals surface area contributed by atoms with Gasteiger partial charge in [0.25, 0.3) is 5.92 Å². The molecule has 0 spiro atoms. The zero-order valence-electron chi connectivity index (χ0n) is 26.3. The van der Waals surface area contributed by atoms with Crippen LogP contribution in [0.4, 0.5) is 39.3 Å². The molecule has 2 heterocycles. The standard InChI is InChI=1S/C32H36Cl2F5N5O3/c1-30(2,3)28(47)40-15-17-5-10-21(33)26(25(17)34)44(19-8-6-18(7-9-19)32(37,38)39)29-41-22-13-20(27(45)46)23(14-24(22)42(29)4)43-12-11-31(35,36)16-43/h5,10,13-14,18-19H,6-9,11-12,15-16H2,1-4H3,(H,40,47)(H,45,46). The van der Waals surface area contributed by atoms with Crippen LogP contribution in [0.5, 0.6) is 0 Å². The third-order valence-corrected chi connectivity index (χ3v) is 9.69. The third-order valence-electron chi connectivity index (χ3n) is 8.96. The Morgan fingerprint density at radius 1 is 1.11 bits per heavy atom. The van der Waals surface area contributed by atoms with E-state index in [0.29, 0.717) is 11.1 Å². The van der Waals surface area contributed by atoms with Crippen molar-refractivity contribution in [1.29, 1.82) is 0 Å². The number of halogens is 7. The van der Waals surface area contributed by atoms with E-state index in [4.69, 9.17) is 28.2 Å². The van der Waals surface area contributed by atoms with Crippen molar-refractivity contribution in [3.8, 4) is 0 Å². The maximum atomic E-state index is 14.1. The van der Waals surface area contributed by atoms with E-state index in [1.54, 1.807) is 49.4 Å². The molecule has 0 radical (unpaired) electrons. The van der Waals surface area contributed by atoms with Crippen LogP contribution in [0.2, 0.25) is 10.0 Å². The summed E-state index contributed by atoms with van der Waals surface area (Å²) in [7, 11) is 1.65. The number of carbonyl (C=O) groups is 2. The number of amides is 1. The molecule has 1 saturated carbocycles. The number of anilines is 3. The molecule has 2 fully saturated rings. The van der Waals surface area contributed by atoms with Gasteiger partial charge >= 0.3 is 12.1 Å². The fraction of sp³-hybridized carbons (Fsp3) is 0.531. The van der Waals surface area contributed by atoms with Gasteiger partial charge in [0.2, 0.25) is 11.9 Å². The summed E-state index contributed by atoms with van der Waals surface area (Å²) in [4.78, 5) is 32.6. The van der Waals surface area contributed by atoms with E-state index >= 15 is 0 Å². The Balaban J connectivity index is 1.64. The Morgan fingerprint density at radius 2 is 1.77 bits per heavy atom. The van der Waals surface area contributed by atoms with Gasteiger partial charge in [-0.3, -0.25) is 4.79 Å². The summed E-state index contributed by atoms with van der Waals surface area (Å²) in [6.07, 6.45) is -4.79. The van der Waals surface area contributed by atoms with Crippen LogP contribution >= 0.6 is 23.2 Å². The molecule has 1 saturated heterocycles. The first-order chi connectivity index (χ1) is 21.8. The molecular formula is C32H36Cl2F5N5O3. The number of alkyl halides is 5. The molecular weight excluding hydrogens is 668 g/mol. The molecule has 0 bridgehead atoms. The van der Waals surface area contributed by atoms with E-state index in [1.165, 1.54) is 17.0 Å². The molecule has 0 atom stereocenters. The number of hydrogen-bond donors (Lipinski definition) is 2. The average molecular weight is 705 g/mol. The number of aromatic carboxylic acids is 1. The molecule has 15 heteroatoms. The summed E-state index contributed by atoms with van der Waals surface area (Å²) >= 11 is 13.8. The Kier molecular flexibility index (Phi) is 9.39. The lowest BCUT2D eigenvalue weighted by molar-refractivity contribution is -0.182. The predicted octanol–water partition coefficient (Wildman–Crippen LogP) is 8.35. The summed E-state index contributed by atoms with van der Waals surface area (Å²) < 4.78 is 70.9. The Morgan fingerprint density at radius 3 is 2.32 bits per heavy atom. The Labute approximate surface area is 278 Å². The van der Waals surface area contributed by atoms with Gasteiger partial charge in [-0.15, -0.1) is 0 Å².